The van der Waals surface area contributed by atoms with E-state index in [9.17, 15) is 4.79 Å². The molecule has 0 heterocycles. The van der Waals surface area contributed by atoms with Crippen molar-refractivity contribution in [3.8, 4) is 0 Å². The monoisotopic (exact) mass is 332 g/mol. The number of nitrogens with zero attached hydrogens (tertiary/aromatic N) is 1. The predicted molar refractivity (Wildman–Crippen MR) is 94.5 cm³/mol. The normalized spacial score (nSPS) is 10.8. The predicted octanol–water partition coefficient (Wildman–Crippen LogP) is 4.03. The van der Waals surface area contributed by atoms with Crippen LogP contribution in [0.1, 0.15) is 16.7 Å². The molecule has 0 saturated carbocycles. The minimum Gasteiger partial charge on any atom is -0.272 e. The van der Waals surface area contributed by atoms with E-state index in [0.717, 1.165) is 22.4 Å². The second-order valence-electron chi connectivity index (χ2n) is 4.83. The Kier molecular flexibility index (Phi) is 6.49. The van der Waals surface area contributed by atoms with Crippen molar-refractivity contribution in [3.05, 3.63) is 70.2 Å². The number of hydrogen-bond acceptors (Lipinski definition) is 3. The SMILES string of the molecule is Cc1cccc(/C=N\NC(=O)CSCc2cccc(Cl)c2)c1. The first-order valence-electron chi connectivity index (χ1n) is 6.84. The van der Waals surface area contributed by atoms with Gasteiger partial charge < -0.3 is 0 Å². The minimum atomic E-state index is -0.115. The zero-order chi connectivity index (χ0) is 15.8. The molecule has 2 rings (SSSR count). The topological polar surface area (TPSA) is 41.5 Å². The van der Waals surface area contributed by atoms with Gasteiger partial charge in [-0.1, -0.05) is 53.6 Å². The Bertz CT molecular complexity index is 673. The van der Waals surface area contributed by atoms with Crippen LogP contribution in [0.3, 0.4) is 0 Å². The molecule has 0 aliphatic rings. The van der Waals surface area contributed by atoms with Crippen LogP contribution in [0.15, 0.2) is 53.6 Å². The summed E-state index contributed by atoms with van der Waals surface area (Å²) in [6, 6.07) is 15.6. The Morgan fingerprint density at radius 3 is 2.86 bits per heavy atom. The standard InChI is InChI=1S/C17H17ClN2OS/c1-13-4-2-5-14(8-13)10-19-20-17(21)12-22-11-15-6-3-7-16(18)9-15/h2-10H,11-12H2,1H3,(H,20,21)/b19-10-. The number of hydrogen-bond donors (Lipinski definition) is 1. The molecule has 0 spiro atoms. The molecule has 0 bridgehead atoms. The highest BCUT2D eigenvalue weighted by Gasteiger charge is 2.01. The number of benzene rings is 2. The van der Waals surface area contributed by atoms with Gasteiger partial charge in [-0.05, 0) is 30.2 Å². The van der Waals surface area contributed by atoms with Crippen LogP contribution in [0.4, 0.5) is 0 Å². The summed E-state index contributed by atoms with van der Waals surface area (Å²) in [6.45, 7) is 2.02. The molecule has 1 N–H and O–H groups in total. The van der Waals surface area contributed by atoms with Crippen LogP contribution < -0.4 is 5.43 Å². The van der Waals surface area contributed by atoms with E-state index in [2.05, 4.69) is 10.5 Å². The number of carbonyl (C=O) groups excluding carboxylic acids is 1. The third kappa shape index (κ3) is 5.92. The summed E-state index contributed by atoms with van der Waals surface area (Å²) in [4.78, 5) is 11.7. The van der Waals surface area contributed by atoms with Crippen molar-refractivity contribution in [2.45, 2.75) is 12.7 Å². The van der Waals surface area contributed by atoms with Gasteiger partial charge in [0.1, 0.15) is 0 Å². The lowest BCUT2D eigenvalue weighted by Gasteiger charge is -2.02. The van der Waals surface area contributed by atoms with E-state index in [4.69, 9.17) is 11.6 Å². The Morgan fingerprint density at radius 1 is 1.27 bits per heavy atom. The van der Waals surface area contributed by atoms with Crippen LogP contribution >= 0.6 is 23.4 Å². The number of hydrazone groups is 1. The summed E-state index contributed by atoms with van der Waals surface area (Å²) in [5.41, 5.74) is 5.76. The molecule has 22 heavy (non-hydrogen) atoms. The highest BCUT2D eigenvalue weighted by Crippen LogP contribution is 2.16. The van der Waals surface area contributed by atoms with Gasteiger partial charge in [-0.2, -0.15) is 5.10 Å². The van der Waals surface area contributed by atoms with Crippen LogP contribution in [0, 0.1) is 6.92 Å². The maximum Gasteiger partial charge on any atom is 0.250 e. The fraction of sp³-hybridized carbons (Fsp3) is 0.176. The molecule has 0 fully saturated rings. The summed E-state index contributed by atoms with van der Waals surface area (Å²) in [6.07, 6.45) is 1.65. The van der Waals surface area contributed by atoms with Crippen LogP contribution in [0.2, 0.25) is 5.02 Å². The zero-order valence-corrected chi connectivity index (χ0v) is 13.8. The molecule has 2 aromatic rings. The average Bonchev–Trinajstić information content (AvgIpc) is 2.47. The van der Waals surface area contributed by atoms with E-state index in [-0.39, 0.29) is 5.91 Å². The summed E-state index contributed by atoms with van der Waals surface area (Å²) in [5.74, 6) is 0.990. The number of nitrogens with one attached hydrogen (secondary N) is 1. The van der Waals surface area contributed by atoms with Gasteiger partial charge >= 0.3 is 0 Å². The average molecular weight is 333 g/mol. The second kappa shape index (κ2) is 8.61. The van der Waals surface area contributed by atoms with E-state index < -0.39 is 0 Å². The lowest BCUT2D eigenvalue weighted by Crippen LogP contribution is -2.19. The molecule has 0 radical (unpaired) electrons. The van der Waals surface area contributed by atoms with Crippen molar-refractivity contribution in [3.63, 3.8) is 0 Å². The molecule has 3 nitrogen and oxygen atoms in total. The number of halogens is 1. The first-order chi connectivity index (χ1) is 10.6. The smallest absolute Gasteiger partial charge is 0.250 e. The lowest BCUT2D eigenvalue weighted by molar-refractivity contribution is -0.118. The van der Waals surface area contributed by atoms with Crippen molar-refractivity contribution in [1.29, 1.82) is 0 Å². The maximum atomic E-state index is 11.7. The zero-order valence-electron chi connectivity index (χ0n) is 12.3. The third-order valence-corrected chi connectivity index (χ3v) is 4.07. The third-order valence-electron chi connectivity index (χ3n) is 2.84. The van der Waals surface area contributed by atoms with Gasteiger partial charge in [-0.3, -0.25) is 4.79 Å². The first-order valence-corrected chi connectivity index (χ1v) is 8.37. The van der Waals surface area contributed by atoms with E-state index >= 15 is 0 Å². The van der Waals surface area contributed by atoms with Gasteiger partial charge in [0, 0.05) is 10.8 Å². The summed E-state index contributed by atoms with van der Waals surface area (Å²) >= 11 is 7.44. The molecule has 0 aromatic heterocycles. The van der Waals surface area contributed by atoms with E-state index in [1.54, 1.807) is 6.21 Å². The van der Waals surface area contributed by atoms with Gasteiger partial charge in [0.25, 0.3) is 0 Å². The van der Waals surface area contributed by atoms with Crippen molar-refractivity contribution < 1.29 is 4.79 Å². The number of aryl methyl sites for hydroxylation is 1. The molecule has 114 valence electrons. The van der Waals surface area contributed by atoms with Gasteiger partial charge in [0.15, 0.2) is 0 Å². The van der Waals surface area contributed by atoms with Gasteiger partial charge in [-0.25, -0.2) is 5.43 Å². The number of thioether (sulfide) groups is 1. The first kappa shape index (κ1) is 16.6. The van der Waals surface area contributed by atoms with E-state index in [0.29, 0.717) is 10.8 Å². The highest BCUT2D eigenvalue weighted by atomic mass is 35.5. The van der Waals surface area contributed by atoms with E-state index in [1.165, 1.54) is 11.8 Å². The van der Waals surface area contributed by atoms with Crippen molar-refractivity contribution in [1.82, 2.24) is 5.43 Å². The molecule has 0 saturated heterocycles. The largest absolute Gasteiger partial charge is 0.272 e. The molecule has 0 unspecified atom stereocenters. The van der Waals surface area contributed by atoms with Gasteiger partial charge in [-0.15, -0.1) is 11.8 Å². The van der Waals surface area contributed by atoms with Crippen molar-refractivity contribution in [2.75, 3.05) is 5.75 Å². The lowest BCUT2D eigenvalue weighted by atomic mass is 10.2. The van der Waals surface area contributed by atoms with Crippen LogP contribution in [-0.2, 0) is 10.5 Å². The Labute approximate surface area is 139 Å². The van der Waals surface area contributed by atoms with Crippen molar-refractivity contribution in [2.24, 2.45) is 5.10 Å². The van der Waals surface area contributed by atoms with Crippen LogP contribution in [0.25, 0.3) is 0 Å². The molecule has 1 amide bonds. The molecule has 2 aromatic carbocycles. The molecule has 5 heteroatoms. The number of amides is 1. The number of rotatable bonds is 6. The molecule has 0 aliphatic heterocycles. The van der Waals surface area contributed by atoms with Crippen LogP contribution in [0.5, 0.6) is 0 Å². The summed E-state index contributed by atoms with van der Waals surface area (Å²) in [5, 5.41) is 4.68. The molecule has 0 atom stereocenters. The highest BCUT2D eigenvalue weighted by molar-refractivity contribution is 7.99. The van der Waals surface area contributed by atoms with Gasteiger partial charge in [0.05, 0.1) is 12.0 Å². The fourth-order valence-corrected chi connectivity index (χ4v) is 2.83. The van der Waals surface area contributed by atoms with Crippen LogP contribution in [-0.4, -0.2) is 17.9 Å². The quantitative estimate of drug-likeness (QED) is 0.641. The molecular weight excluding hydrogens is 316 g/mol. The fourth-order valence-electron chi connectivity index (χ4n) is 1.85. The second-order valence-corrected chi connectivity index (χ2v) is 6.25. The summed E-state index contributed by atoms with van der Waals surface area (Å²) < 4.78 is 0. The van der Waals surface area contributed by atoms with E-state index in [1.807, 2.05) is 55.5 Å². The Balaban J connectivity index is 1.72. The Hall–Kier alpha value is -1.78. The number of carbonyl (C=O) groups is 1. The maximum absolute atomic E-state index is 11.7. The molecular formula is C17H17ClN2OS. The van der Waals surface area contributed by atoms with Crippen molar-refractivity contribution >= 4 is 35.5 Å². The Morgan fingerprint density at radius 2 is 2.09 bits per heavy atom. The summed E-state index contributed by atoms with van der Waals surface area (Å²) in [7, 11) is 0. The minimum absolute atomic E-state index is 0.115. The van der Waals surface area contributed by atoms with Gasteiger partial charge in [0.2, 0.25) is 5.91 Å². The molecule has 0 aliphatic carbocycles.